The van der Waals surface area contributed by atoms with E-state index in [9.17, 15) is 14.4 Å². The smallest absolute Gasteiger partial charge is 0.325 e. The highest BCUT2D eigenvalue weighted by atomic mass is 16.2. The second-order valence-electron chi connectivity index (χ2n) is 7.85. The summed E-state index contributed by atoms with van der Waals surface area (Å²) in [6, 6.07) is 5.79. The Bertz CT molecular complexity index is 775. The molecule has 3 fully saturated rings. The zero-order chi connectivity index (χ0) is 19.8. The molecule has 28 heavy (non-hydrogen) atoms. The predicted molar refractivity (Wildman–Crippen MR) is 106 cm³/mol. The Kier molecular flexibility index (Phi) is 5.07. The summed E-state index contributed by atoms with van der Waals surface area (Å²) in [7, 11) is 1.75. The van der Waals surface area contributed by atoms with E-state index in [1.807, 2.05) is 0 Å². The summed E-state index contributed by atoms with van der Waals surface area (Å²) in [5, 5.41) is 0. The minimum absolute atomic E-state index is 0.0334. The summed E-state index contributed by atoms with van der Waals surface area (Å²) >= 11 is 0. The zero-order valence-electron chi connectivity index (χ0n) is 16.2. The number of likely N-dealkylation sites (tertiary alicyclic amines) is 1. The van der Waals surface area contributed by atoms with Gasteiger partial charge in [-0.15, -0.1) is 0 Å². The Balaban J connectivity index is 1.47. The van der Waals surface area contributed by atoms with E-state index < -0.39 is 6.04 Å². The van der Waals surface area contributed by atoms with Crippen molar-refractivity contribution >= 4 is 29.2 Å². The Morgan fingerprint density at radius 1 is 1.11 bits per heavy atom. The molecule has 2 atom stereocenters. The number of fused-ring (bicyclic) bond motifs is 1. The number of piperidine rings is 1. The van der Waals surface area contributed by atoms with Crippen molar-refractivity contribution in [3.63, 3.8) is 0 Å². The van der Waals surface area contributed by atoms with Gasteiger partial charge in [0.25, 0.3) is 5.91 Å². The molecule has 150 valence electrons. The van der Waals surface area contributed by atoms with Gasteiger partial charge in [0.05, 0.1) is 12.2 Å². The summed E-state index contributed by atoms with van der Waals surface area (Å²) in [4.78, 5) is 44.6. The lowest BCUT2D eigenvalue weighted by Crippen LogP contribution is -2.52. The van der Waals surface area contributed by atoms with Crippen LogP contribution in [-0.2, 0) is 9.59 Å². The van der Waals surface area contributed by atoms with Crippen LogP contribution in [0.5, 0.6) is 0 Å². The predicted octanol–water partition coefficient (Wildman–Crippen LogP) is 1.00. The minimum Gasteiger partial charge on any atom is -0.325 e. The lowest BCUT2D eigenvalue weighted by atomic mass is 9.98. The van der Waals surface area contributed by atoms with Gasteiger partial charge in [-0.25, -0.2) is 9.69 Å². The molecule has 8 nitrogen and oxygen atoms in total. The molecule has 0 aliphatic carbocycles. The number of anilines is 2. The molecular weight excluding hydrogens is 358 g/mol. The molecule has 3 saturated heterocycles. The molecule has 0 radical (unpaired) electrons. The second-order valence-corrected chi connectivity index (χ2v) is 7.85. The van der Waals surface area contributed by atoms with Crippen molar-refractivity contribution in [1.29, 1.82) is 0 Å². The molecule has 1 aromatic carbocycles. The monoisotopic (exact) mass is 385 g/mol. The highest BCUT2D eigenvalue weighted by molar-refractivity contribution is 6.21. The minimum atomic E-state index is -0.564. The molecule has 0 spiro atoms. The lowest BCUT2D eigenvalue weighted by molar-refractivity contribution is -0.121. The van der Waals surface area contributed by atoms with Gasteiger partial charge in [-0.05, 0) is 63.0 Å². The fraction of sp³-hybridized carbons (Fsp3) is 0.550. The first-order valence-corrected chi connectivity index (χ1v) is 9.96. The van der Waals surface area contributed by atoms with Crippen LogP contribution in [0.15, 0.2) is 24.3 Å². The summed E-state index contributed by atoms with van der Waals surface area (Å²) in [5.41, 5.74) is 7.34. The molecule has 1 aromatic rings. The molecule has 0 aromatic heterocycles. The first kappa shape index (κ1) is 18.9. The lowest BCUT2D eigenvalue weighted by Gasteiger charge is -2.31. The van der Waals surface area contributed by atoms with Gasteiger partial charge in [0, 0.05) is 25.3 Å². The van der Waals surface area contributed by atoms with Crippen molar-refractivity contribution in [3.8, 4) is 0 Å². The van der Waals surface area contributed by atoms with E-state index in [1.165, 1.54) is 4.90 Å². The van der Waals surface area contributed by atoms with Crippen molar-refractivity contribution in [2.75, 3.05) is 43.0 Å². The molecule has 4 rings (SSSR count). The van der Waals surface area contributed by atoms with Gasteiger partial charge in [-0.2, -0.15) is 0 Å². The Labute approximate surface area is 164 Å². The third-order valence-electron chi connectivity index (χ3n) is 6.02. The van der Waals surface area contributed by atoms with Crippen molar-refractivity contribution < 1.29 is 14.4 Å². The van der Waals surface area contributed by atoms with Gasteiger partial charge >= 0.3 is 6.03 Å². The SMILES string of the molecule is CN(C(=O)CN1CCCC1)c1ccc(N2C(=O)[C@@H]3[C@H](N)CCCN3C2=O)cc1. The van der Waals surface area contributed by atoms with Crippen LogP contribution < -0.4 is 15.5 Å². The quantitative estimate of drug-likeness (QED) is 0.781. The van der Waals surface area contributed by atoms with Crippen LogP contribution in [0.1, 0.15) is 25.7 Å². The third-order valence-corrected chi connectivity index (χ3v) is 6.02. The van der Waals surface area contributed by atoms with E-state index in [1.54, 1.807) is 41.1 Å². The number of carbonyl (C=O) groups excluding carboxylic acids is 3. The van der Waals surface area contributed by atoms with Gasteiger partial charge < -0.3 is 15.5 Å². The van der Waals surface area contributed by atoms with Crippen LogP contribution in [-0.4, -0.2) is 73.0 Å². The summed E-state index contributed by atoms with van der Waals surface area (Å²) in [6.45, 7) is 2.91. The standard InChI is InChI=1S/C20H27N5O3/c1-22(17(26)13-23-10-2-3-11-23)14-6-8-15(9-7-14)25-19(27)18-16(21)5-4-12-24(18)20(25)28/h6-9,16,18H,2-5,10-13,21H2,1H3/t16-,18+/m1/s1. The van der Waals surface area contributed by atoms with Crippen LogP contribution in [0.4, 0.5) is 16.2 Å². The van der Waals surface area contributed by atoms with Gasteiger partial charge in [-0.1, -0.05) is 0 Å². The maximum atomic E-state index is 12.8. The van der Waals surface area contributed by atoms with Crippen LogP contribution in [0.3, 0.4) is 0 Å². The Morgan fingerprint density at radius 3 is 2.43 bits per heavy atom. The number of likely N-dealkylation sites (N-methyl/N-ethyl adjacent to an activating group) is 1. The van der Waals surface area contributed by atoms with Gasteiger partial charge in [0.2, 0.25) is 5.91 Å². The molecule has 4 amide bonds. The van der Waals surface area contributed by atoms with E-state index in [0.717, 1.165) is 44.5 Å². The Morgan fingerprint density at radius 2 is 1.79 bits per heavy atom. The molecule has 0 bridgehead atoms. The number of rotatable bonds is 4. The summed E-state index contributed by atoms with van der Waals surface area (Å²) in [5.74, 6) is -0.227. The van der Waals surface area contributed by atoms with Crippen molar-refractivity contribution in [1.82, 2.24) is 9.80 Å². The number of nitrogens with zero attached hydrogens (tertiary/aromatic N) is 4. The van der Waals surface area contributed by atoms with Gasteiger partial charge in [0.1, 0.15) is 6.04 Å². The highest BCUT2D eigenvalue weighted by Gasteiger charge is 2.49. The van der Waals surface area contributed by atoms with Gasteiger partial charge in [-0.3, -0.25) is 14.5 Å². The fourth-order valence-electron chi connectivity index (χ4n) is 4.36. The molecule has 0 unspecified atom stereocenters. The molecule has 2 N–H and O–H groups in total. The third kappa shape index (κ3) is 3.27. The maximum absolute atomic E-state index is 12.8. The van der Waals surface area contributed by atoms with E-state index >= 15 is 0 Å². The molecule has 3 heterocycles. The van der Waals surface area contributed by atoms with Crippen molar-refractivity contribution in [2.24, 2.45) is 5.73 Å². The number of imide groups is 1. The van der Waals surface area contributed by atoms with Crippen LogP contribution in [0.25, 0.3) is 0 Å². The molecule has 0 saturated carbocycles. The number of amides is 4. The average Bonchev–Trinajstić information content (AvgIpc) is 3.29. The van der Waals surface area contributed by atoms with Crippen molar-refractivity contribution in [3.05, 3.63) is 24.3 Å². The first-order valence-electron chi connectivity index (χ1n) is 9.96. The number of hydrogen-bond acceptors (Lipinski definition) is 5. The molecular formula is C20H27N5O3. The zero-order valence-corrected chi connectivity index (χ0v) is 16.2. The average molecular weight is 385 g/mol. The maximum Gasteiger partial charge on any atom is 0.332 e. The summed E-state index contributed by atoms with van der Waals surface area (Å²) in [6.07, 6.45) is 3.85. The largest absolute Gasteiger partial charge is 0.332 e. The highest BCUT2D eigenvalue weighted by Crippen LogP contribution is 2.31. The topological polar surface area (TPSA) is 90.2 Å². The summed E-state index contributed by atoms with van der Waals surface area (Å²) < 4.78 is 0. The van der Waals surface area contributed by atoms with Crippen LogP contribution >= 0.6 is 0 Å². The number of benzene rings is 1. The molecule has 3 aliphatic rings. The van der Waals surface area contributed by atoms with E-state index in [0.29, 0.717) is 18.8 Å². The second kappa shape index (κ2) is 7.52. The van der Waals surface area contributed by atoms with Crippen LogP contribution in [0, 0.1) is 0 Å². The van der Waals surface area contributed by atoms with E-state index in [-0.39, 0.29) is 23.9 Å². The van der Waals surface area contributed by atoms with E-state index in [2.05, 4.69) is 4.90 Å². The fourth-order valence-corrected chi connectivity index (χ4v) is 4.36. The first-order chi connectivity index (χ1) is 13.5. The normalized spacial score (nSPS) is 25.4. The number of urea groups is 1. The van der Waals surface area contributed by atoms with Gasteiger partial charge in [0.15, 0.2) is 0 Å². The Hall–Kier alpha value is -2.45. The van der Waals surface area contributed by atoms with Crippen molar-refractivity contribution in [2.45, 2.75) is 37.8 Å². The number of nitrogens with two attached hydrogens (primary N) is 1. The number of hydrogen-bond donors (Lipinski definition) is 1. The number of carbonyl (C=O) groups is 3. The molecule has 8 heteroatoms. The van der Waals surface area contributed by atoms with Crippen LogP contribution in [0.2, 0.25) is 0 Å². The molecule has 3 aliphatic heterocycles. The van der Waals surface area contributed by atoms with E-state index in [4.69, 9.17) is 5.73 Å².